The van der Waals surface area contributed by atoms with Crippen LogP contribution in [0.15, 0.2) is 85.1 Å². The standard InChI is InChI=1S/C20H18N2O2/c1-24-20(17-12-6-3-7-13-17,22-18-14-8-9-15-21-18)19(23)16-10-4-2-5-11-16/h2-15H,1H3,(H,21,22)/t20-/m1/s1. The maximum Gasteiger partial charge on any atom is 0.231 e. The van der Waals surface area contributed by atoms with E-state index in [9.17, 15) is 4.79 Å². The molecule has 4 nitrogen and oxygen atoms in total. The van der Waals surface area contributed by atoms with Crippen molar-refractivity contribution in [2.45, 2.75) is 5.72 Å². The van der Waals surface area contributed by atoms with Gasteiger partial charge in [0.25, 0.3) is 0 Å². The molecule has 3 rings (SSSR count). The summed E-state index contributed by atoms with van der Waals surface area (Å²) < 4.78 is 5.74. The van der Waals surface area contributed by atoms with Gasteiger partial charge in [-0.1, -0.05) is 66.7 Å². The number of anilines is 1. The molecule has 4 heteroatoms. The summed E-state index contributed by atoms with van der Waals surface area (Å²) >= 11 is 0. The minimum absolute atomic E-state index is 0.178. The van der Waals surface area contributed by atoms with Gasteiger partial charge in [0.15, 0.2) is 0 Å². The van der Waals surface area contributed by atoms with Crippen LogP contribution >= 0.6 is 0 Å². The van der Waals surface area contributed by atoms with E-state index >= 15 is 0 Å². The second kappa shape index (κ2) is 7.06. The molecule has 1 N–H and O–H groups in total. The fourth-order valence-electron chi connectivity index (χ4n) is 2.60. The minimum Gasteiger partial charge on any atom is -0.348 e. The number of Topliss-reactive ketones (excluding diaryl/α,β-unsaturated/α-hetero) is 1. The van der Waals surface area contributed by atoms with Gasteiger partial charge in [-0.15, -0.1) is 0 Å². The highest BCUT2D eigenvalue weighted by Gasteiger charge is 2.41. The number of carbonyl (C=O) groups is 1. The van der Waals surface area contributed by atoms with E-state index in [0.29, 0.717) is 16.9 Å². The molecule has 1 atom stereocenters. The lowest BCUT2D eigenvalue weighted by Gasteiger charge is -2.32. The average molecular weight is 318 g/mol. The molecule has 1 aromatic heterocycles. The number of hydrogen-bond acceptors (Lipinski definition) is 4. The molecule has 0 unspecified atom stereocenters. The van der Waals surface area contributed by atoms with E-state index < -0.39 is 5.72 Å². The first-order valence-electron chi connectivity index (χ1n) is 7.66. The quantitative estimate of drug-likeness (QED) is 0.553. The third-order valence-electron chi connectivity index (χ3n) is 3.81. The summed E-state index contributed by atoms with van der Waals surface area (Å²) in [6.07, 6.45) is 1.67. The third kappa shape index (κ3) is 3.05. The van der Waals surface area contributed by atoms with Gasteiger partial charge in [-0.05, 0) is 12.1 Å². The zero-order valence-electron chi connectivity index (χ0n) is 13.3. The van der Waals surface area contributed by atoms with E-state index in [4.69, 9.17) is 4.74 Å². The van der Waals surface area contributed by atoms with Crippen LogP contribution in [0.25, 0.3) is 0 Å². The van der Waals surface area contributed by atoms with Gasteiger partial charge >= 0.3 is 0 Å². The number of pyridine rings is 1. The van der Waals surface area contributed by atoms with Gasteiger partial charge in [0.2, 0.25) is 11.5 Å². The lowest BCUT2D eigenvalue weighted by molar-refractivity contribution is 0.0154. The molecule has 0 bridgehead atoms. The number of rotatable bonds is 6. The predicted octanol–water partition coefficient (Wildman–Crippen LogP) is 3.88. The number of methoxy groups -OCH3 is 1. The Bertz CT molecular complexity index is 792. The number of nitrogens with one attached hydrogen (secondary N) is 1. The first kappa shape index (κ1) is 15.9. The topological polar surface area (TPSA) is 51.2 Å². The Hall–Kier alpha value is -2.98. The van der Waals surface area contributed by atoms with Crippen molar-refractivity contribution in [3.63, 3.8) is 0 Å². The van der Waals surface area contributed by atoms with Crippen molar-refractivity contribution >= 4 is 11.6 Å². The summed E-state index contributed by atoms with van der Waals surface area (Å²) in [6, 6.07) is 23.9. The zero-order valence-corrected chi connectivity index (χ0v) is 13.3. The van der Waals surface area contributed by atoms with Gasteiger partial charge in [-0.2, -0.15) is 0 Å². The molecule has 2 aromatic carbocycles. The lowest BCUT2D eigenvalue weighted by atomic mass is 9.93. The van der Waals surface area contributed by atoms with Crippen LogP contribution in [0.4, 0.5) is 5.82 Å². The van der Waals surface area contributed by atoms with E-state index in [-0.39, 0.29) is 5.78 Å². The van der Waals surface area contributed by atoms with Gasteiger partial charge in [0.05, 0.1) is 0 Å². The lowest BCUT2D eigenvalue weighted by Crippen LogP contribution is -2.45. The molecule has 0 amide bonds. The van der Waals surface area contributed by atoms with E-state index in [1.807, 2.05) is 60.7 Å². The van der Waals surface area contributed by atoms with Crippen molar-refractivity contribution in [1.29, 1.82) is 0 Å². The highest BCUT2D eigenvalue weighted by atomic mass is 16.5. The number of ether oxygens (including phenoxy) is 1. The fraction of sp³-hybridized carbons (Fsp3) is 0.100. The summed E-state index contributed by atoms with van der Waals surface area (Å²) in [5.41, 5.74) is -0.0737. The predicted molar refractivity (Wildman–Crippen MR) is 93.8 cm³/mol. The molecule has 120 valence electrons. The van der Waals surface area contributed by atoms with Crippen LogP contribution in [-0.4, -0.2) is 17.9 Å². The molecule has 1 heterocycles. The second-order valence-electron chi connectivity index (χ2n) is 5.29. The Kier molecular flexibility index (Phi) is 4.68. The molecule has 3 aromatic rings. The molecule has 0 fully saturated rings. The third-order valence-corrected chi connectivity index (χ3v) is 3.81. The Labute approximate surface area is 141 Å². The number of benzene rings is 2. The van der Waals surface area contributed by atoms with Crippen molar-refractivity contribution in [1.82, 2.24) is 4.98 Å². The molecule has 0 aliphatic heterocycles. The smallest absolute Gasteiger partial charge is 0.231 e. The summed E-state index contributed by atoms with van der Waals surface area (Å²) in [5, 5.41) is 3.17. The number of ketones is 1. The van der Waals surface area contributed by atoms with Crippen molar-refractivity contribution in [2.75, 3.05) is 12.4 Å². The van der Waals surface area contributed by atoms with Crippen molar-refractivity contribution in [3.05, 3.63) is 96.2 Å². The highest BCUT2D eigenvalue weighted by molar-refractivity contribution is 6.04. The van der Waals surface area contributed by atoms with Crippen LogP contribution < -0.4 is 5.32 Å². The molecule has 0 aliphatic carbocycles. The molecule has 0 spiro atoms. The van der Waals surface area contributed by atoms with Crippen LogP contribution in [-0.2, 0) is 10.5 Å². The molecule has 24 heavy (non-hydrogen) atoms. The Morgan fingerprint density at radius 3 is 2.12 bits per heavy atom. The summed E-state index contributed by atoms with van der Waals surface area (Å²) in [5.74, 6) is 0.384. The minimum atomic E-state index is -1.35. The average Bonchev–Trinajstić information content (AvgIpc) is 2.68. The van der Waals surface area contributed by atoms with Crippen LogP contribution in [0.5, 0.6) is 0 Å². The number of carbonyl (C=O) groups excluding carboxylic acids is 1. The van der Waals surface area contributed by atoms with Crippen LogP contribution in [0, 0.1) is 0 Å². The molecule has 0 saturated carbocycles. The van der Waals surface area contributed by atoms with Crippen molar-refractivity contribution in [2.24, 2.45) is 0 Å². The number of aromatic nitrogens is 1. The summed E-state index contributed by atoms with van der Waals surface area (Å²) in [6.45, 7) is 0. The molecule has 0 saturated heterocycles. The molecule has 0 aliphatic rings. The van der Waals surface area contributed by atoms with E-state index in [1.54, 1.807) is 24.4 Å². The van der Waals surface area contributed by atoms with E-state index in [1.165, 1.54) is 7.11 Å². The molecular formula is C20H18N2O2. The number of nitrogens with zero attached hydrogens (tertiary/aromatic N) is 1. The molecular weight excluding hydrogens is 300 g/mol. The number of hydrogen-bond donors (Lipinski definition) is 1. The maximum atomic E-state index is 13.3. The maximum absolute atomic E-state index is 13.3. The van der Waals surface area contributed by atoms with Crippen LogP contribution in [0.1, 0.15) is 15.9 Å². The fourth-order valence-corrected chi connectivity index (χ4v) is 2.60. The second-order valence-corrected chi connectivity index (χ2v) is 5.29. The van der Waals surface area contributed by atoms with E-state index in [2.05, 4.69) is 10.3 Å². The Morgan fingerprint density at radius 2 is 1.54 bits per heavy atom. The first-order chi connectivity index (χ1) is 11.8. The Morgan fingerprint density at radius 1 is 0.917 bits per heavy atom. The van der Waals surface area contributed by atoms with Gasteiger partial charge in [-0.25, -0.2) is 4.98 Å². The SMILES string of the molecule is CO[C@@](Nc1ccccn1)(C(=O)c1ccccc1)c1ccccc1. The Balaban J connectivity index is 2.11. The van der Waals surface area contributed by atoms with Gasteiger partial charge in [-0.3, -0.25) is 4.79 Å². The van der Waals surface area contributed by atoms with Gasteiger partial charge in [0.1, 0.15) is 5.82 Å². The largest absolute Gasteiger partial charge is 0.348 e. The van der Waals surface area contributed by atoms with Gasteiger partial charge < -0.3 is 10.1 Å². The van der Waals surface area contributed by atoms with Crippen LogP contribution in [0.3, 0.4) is 0 Å². The van der Waals surface area contributed by atoms with Crippen molar-refractivity contribution < 1.29 is 9.53 Å². The monoisotopic (exact) mass is 318 g/mol. The summed E-state index contributed by atoms with van der Waals surface area (Å²) in [4.78, 5) is 17.6. The highest BCUT2D eigenvalue weighted by Crippen LogP contribution is 2.30. The van der Waals surface area contributed by atoms with Crippen LogP contribution in [0.2, 0.25) is 0 Å². The molecule has 0 radical (unpaired) electrons. The zero-order chi connectivity index (χ0) is 16.8. The van der Waals surface area contributed by atoms with Crippen molar-refractivity contribution in [3.8, 4) is 0 Å². The van der Waals surface area contributed by atoms with E-state index in [0.717, 1.165) is 0 Å². The normalized spacial score (nSPS) is 13.0. The summed E-state index contributed by atoms with van der Waals surface area (Å²) in [7, 11) is 1.52. The first-order valence-corrected chi connectivity index (χ1v) is 7.66. The van der Waals surface area contributed by atoms with Gasteiger partial charge in [0, 0.05) is 24.4 Å².